The third-order valence-corrected chi connectivity index (χ3v) is 1.41. The highest BCUT2D eigenvalue weighted by atomic mass is 19.4. The third-order valence-electron chi connectivity index (χ3n) is 1.41. The normalized spacial score (nSPS) is 14.8. The molecule has 0 aliphatic heterocycles. The first-order valence-electron chi connectivity index (χ1n) is 3.96. The highest BCUT2D eigenvalue weighted by Gasteiger charge is 2.29. The van der Waals surface area contributed by atoms with Crippen LogP contribution in [0.2, 0.25) is 0 Å². The molecule has 0 aliphatic rings. The van der Waals surface area contributed by atoms with Gasteiger partial charge in [0.2, 0.25) is 0 Å². The summed E-state index contributed by atoms with van der Waals surface area (Å²) in [6.07, 6.45) is -4.14. The minimum Gasteiger partial charge on any atom is -0.330 e. The van der Waals surface area contributed by atoms with Crippen molar-refractivity contribution in [1.29, 1.82) is 0 Å². The molecule has 0 saturated heterocycles. The van der Waals surface area contributed by atoms with Crippen LogP contribution in [0.1, 0.15) is 19.8 Å². The standard InChI is InChI=1S/C7H15F3N2/c1-6(5-7(8,9)10)12-4-2-3-11/h6,12H,2-5,11H2,1H3. The number of nitrogens with two attached hydrogens (primary N) is 1. The zero-order valence-electron chi connectivity index (χ0n) is 7.12. The van der Waals surface area contributed by atoms with Gasteiger partial charge in [0.1, 0.15) is 0 Å². The maximum atomic E-state index is 11.8. The number of nitrogens with one attached hydrogen (secondary N) is 1. The van der Waals surface area contributed by atoms with E-state index < -0.39 is 18.6 Å². The zero-order valence-corrected chi connectivity index (χ0v) is 7.12. The van der Waals surface area contributed by atoms with E-state index in [9.17, 15) is 13.2 Å². The Bertz CT molecular complexity index is 114. The fourth-order valence-electron chi connectivity index (χ4n) is 0.870. The molecule has 2 nitrogen and oxygen atoms in total. The lowest BCUT2D eigenvalue weighted by atomic mass is 10.2. The molecule has 0 saturated carbocycles. The van der Waals surface area contributed by atoms with Gasteiger partial charge in [0.25, 0.3) is 0 Å². The smallest absolute Gasteiger partial charge is 0.330 e. The fourth-order valence-corrected chi connectivity index (χ4v) is 0.870. The van der Waals surface area contributed by atoms with E-state index in [2.05, 4.69) is 5.32 Å². The molecule has 0 aromatic rings. The summed E-state index contributed by atoms with van der Waals surface area (Å²) in [5.41, 5.74) is 5.18. The summed E-state index contributed by atoms with van der Waals surface area (Å²) in [4.78, 5) is 0. The Labute approximate surface area is 70.3 Å². The lowest BCUT2D eigenvalue weighted by Crippen LogP contribution is -2.32. The molecular weight excluding hydrogens is 169 g/mol. The minimum absolute atomic E-state index is 0.506. The van der Waals surface area contributed by atoms with Gasteiger partial charge in [0, 0.05) is 6.04 Å². The number of hydrogen-bond donors (Lipinski definition) is 2. The topological polar surface area (TPSA) is 38.0 Å². The van der Waals surface area contributed by atoms with E-state index in [1.165, 1.54) is 6.92 Å². The minimum atomic E-state index is -4.07. The molecule has 0 spiro atoms. The van der Waals surface area contributed by atoms with Crippen molar-refractivity contribution in [2.24, 2.45) is 5.73 Å². The lowest BCUT2D eigenvalue weighted by Gasteiger charge is -2.15. The van der Waals surface area contributed by atoms with Crippen molar-refractivity contribution in [3.8, 4) is 0 Å². The van der Waals surface area contributed by atoms with Gasteiger partial charge < -0.3 is 11.1 Å². The number of alkyl halides is 3. The summed E-state index contributed by atoms with van der Waals surface area (Å²) in [6, 6.07) is -0.517. The highest BCUT2D eigenvalue weighted by Crippen LogP contribution is 2.21. The predicted octanol–water partition coefficient (Wildman–Crippen LogP) is 1.27. The molecule has 0 rings (SSSR count). The van der Waals surface area contributed by atoms with E-state index in [1.54, 1.807) is 0 Å². The SMILES string of the molecule is CC(CC(F)(F)F)NCCCN. The van der Waals surface area contributed by atoms with E-state index >= 15 is 0 Å². The second-order valence-corrected chi connectivity index (χ2v) is 2.82. The van der Waals surface area contributed by atoms with Gasteiger partial charge in [-0.2, -0.15) is 13.2 Å². The van der Waals surface area contributed by atoms with E-state index in [0.717, 1.165) is 0 Å². The van der Waals surface area contributed by atoms with Crippen LogP contribution >= 0.6 is 0 Å². The molecular formula is C7H15F3N2. The molecule has 0 aromatic heterocycles. The van der Waals surface area contributed by atoms with Crippen molar-refractivity contribution in [1.82, 2.24) is 5.32 Å². The van der Waals surface area contributed by atoms with Gasteiger partial charge in [0.15, 0.2) is 0 Å². The second kappa shape index (κ2) is 5.37. The predicted molar refractivity (Wildman–Crippen MR) is 41.8 cm³/mol. The summed E-state index contributed by atoms with van der Waals surface area (Å²) in [7, 11) is 0. The average molecular weight is 184 g/mol. The van der Waals surface area contributed by atoms with Crippen molar-refractivity contribution in [3.05, 3.63) is 0 Å². The van der Waals surface area contributed by atoms with Crippen LogP contribution in [-0.4, -0.2) is 25.3 Å². The van der Waals surface area contributed by atoms with E-state index in [0.29, 0.717) is 19.5 Å². The maximum Gasteiger partial charge on any atom is 0.390 e. The monoisotopic (exact) mass is 184 g/mol. The molecule has 0 aliphatic carbocycles. The van der Waals surface area contributed by atoms with Gasteiger partial charge in [-0.15, -0.1) is 0 Å². The Morgan fingerprint density at radius 2 is 2.00 bits per heavy atom. The van der Waals surface area contributed by atoms with Crippen LogP contribution in [0.25, 0.3) is 0 Å². The maximum absolute atomic E-state index is 11.8. The van der Waals surface area contributed by atoms with Crippen LogP contribution in [0.4, 0.5) is 13.2 Å². The summed E-state index contributed by atoms with van der Waals surface area (Å²) in [5, 5.41) is 2.74. The fraction of sp³-hybridized carbons (Fsp3) is 1.00. The quantitative estimate of drug-likeness (QED) is 0.631. The van der Waals surface area contributed by atoms with Gasteiger partial charge in [-0.05, 0) is 26.4 Å². The van der Waals surface area contributed by atoms with E-state index in [1.807, 2.05) is 0 Å². The Balaban J connectivity index is 3.40. The van der Waals surface area contributed by atoms with Crippen molar-refractivity contribution in [2.45, 2.75) is 32.0 Å². The summed E-state index contributed by atoms with van der Waals surface area (Å²) < 4.78 is 35.3. The number of hydrogen-bond acceptors (Lipinski definition) is 2. The molecule has 12 heavy (non-hydrogen) atoms. The Morgan fingerprint density at radius 1 is 1.42 bits per heavy atom. The molecule has 1 unspecified atom stereocenters. The van der Waals surface area contributed by atoms with Crippen LogP contribution in [0.5, 0.6) is 0 Å². The van der Waals surface area contributed by atoms with Gasteiger partial charge in [-0.1, -0.05) is 0 Å². The first-order chi connectivity index (χ1) is 5.45. The molecule has 5 heteroatoms. The molecule has 0 aromatic carbocycles. The molecule has 0 fully saturated rings. The number of halogens is 3. The zero-order chi connectivity index (χ0) is 9.61. The molecule has 0 heterocycles. The van der Waals surface area contributed by atoms with E-state index in [-0.39, 0.29) is 0 Å². The Kier molecular flexibility index (Phi) is 5.24. The van der Waals surface area contributed by atoms with Gasteiger partial charge >= 0.3 is 6.18 Å². The third kappa shape index (κ3) is 7.81. The Morgan fingerprint density at radius 3 is 2.42 bits per heavy atom. The van der Waals surface area contributed by atoms with Gasteiger partial charge in [-0.3, -0.25) is 0 Å². The molecule has 0 radical (unpaired) electrons. The van der Waals surface area contributed by atoms with Crippen LogP contribution in [-0.2, 0) is 0 Å². The van der Waals surface area contributed by atoms with Crippen LogP contribution in [0, 0.1) is 0 Å². The molecule has 0 amide bonds. The summed E-state index contributed by atoms with van der Waals surface area (Å²) >= 11 is 0. The second-order valence-electron chi connectivity index (χ2n) is 2.82. The Hall–Kier alpha value is -0.290. The van der Waals surface area contributed by atoms with Crippen molar-refractivity contribution < 1.29 is 13.2 Å². The van der Waals surface area contributed by atoms with Crippen LogP contribution < -0.4 is 11.1 Å². The molecule has 3 N–H and O–H groups in total. The molecule has 1 atom stereocenters. The van der Waals surface area contributed by atoms with Crippen LogP contribution in [0.3, 0.4) is 0 Å². The number of rotatable bonds is 5. The summed E-state index contributed by atoms with van der Waals surface area (Å²) in [5.74, 6) is 0. The first-order valence-corrected chi connectivity index (χ1v) is 3.96. The summed E-state index contributed by atoms with van der Waals surface area (Å²) in [6.45, 7) is 2.57. The van der Waals surface area contributed by atoms with Crippen LogP contribution in [0.15, 0.2) is 0 Å². The highest BCUT2D eigenvalue weighted by molar-refractivity contribution is 4.65. The first kappa shape index (κ1) is 11.7. The lowest BCUT2D eigenvalue weighted by molar-refractivity contribution is -0.138. The average Bonchev–Trinajstić information content (AvgIpc) is 1.84. The van der Waals surface area contributed by atoms with Crippen molar-refractivity contribution in [3.63, 3.8) is 0 Å². The molecule has 0 bridgehead atoms. The van der Waals surface area contributed by atoms with E-state index in [4.69, 9.17) is 5.73 Å². The van der Waals surface area contributed by atoms with Gasteiger partial charge in [-0.25, -0.2) is 0 Å². The van der Waals surface area contributed by atoms with Gasteiger partial charge in [0.05, 0.1) is 6.42 Å². The molecule has 74 valence electrons. The van der Waals surface area contributed by atoms with Crippen molar-refractivity contribution >= 4 is 0 Å². The largest absolute Gasteiger partial charge is 0.390 e. The van der Waals surface area contributed by atoms with Crippen molar-refractivity contribution in [2.75, 3.05) is 13.1 Å².